The molecule has 0 amide bonds. The van der Waals surface area contributed by atoms with E-state index in [9.17, 15) is 5.11 Å². The predicted molar refractivity (Wildman–Crippen MR) is 111 cm³/mol. The first-order valence-electron chi connectivity index (χ1n) is 8.87. The van der Waals surface area contributed by atoms with Crippen molar-refractivity contribution >= 4 is 0 Å². The summed E-state index contributed by atoms with van der Waals surface area (Å²) >= 11 is 0. The van der Waals surface area contributed by atoms with Gasteiger partial charge in [0.05, 0.1) is 6.61 Å². The van der Waals surface area contributed by atoms with Crippen LogP contribution in [0, 0.1) is 0 Å². The van der Waals surface area contributed by atoms with E-state index in [-0.39, 0.29) is 0 Å². The fourth-order valence-electron chi connectivity index (χ4n) is 2.28. The number of hydrogen-bond donors (Lipinski definition) is 1. The van der Waals surface area contributed by atoms with Crippen LogP contribution in [0.5, 0.6) is 0 Å². The average molecular weight is 354 g/mol. The summed E-state index contributed by atoms with van der Waals surface area (Å²) in [4.78, 5) is 2.01. The van der Waals surface area contributed by atoms with Crippen LogP contribution in [0.4, 0.5) is 0 Å². The van der Waals surface area contributed by atoms with Gasteiger partial charge in [0.15, 0.2) is 0 Å². The Morgan fingerprint density at radius 3 is 2.54 bits per heavy atom. The van der Waals surface area contributed by atoms with E-state index in [1.165, 1.54) is 5.56 Å². The van der Waals surface area contributed by atoms with Gasteiger partial charge in [0.2, 0.25) is 0 Å². The van der Waals surface area contributed by atoms with Gasteiger partial charge in [-0.2, -0.15) is 0 Å². The van der Waals surface area contributed by atoms with Crippen molar-refractivity contribution in [3.63, 3.8) is 0 Å². The molecule has 1 aromatic rings. The number of ether oxygens (including phenoxy) is 1. The second-order valence-electron chi connectivity index (χ2n) is 6.18. The first-order chi connectivity index (χ1) is 12.5. The van der Waals surface area contributed by atoms with Crippen molar-refractivity contribution in [3.05, 3.63) is 95.6 Å². The first-order valence-corrected chi connectivity index (χ1v) is 8.87. The van der Waals surface area contributed by atoms with Crippen LogP contribution >= 0.6 is 0 Å². The van der Waals surface area contributed by atoms with E-state index in [2.05, 4.69) is 24.8 Å². The van der Waals surface area contributed by atoms with E-state index in [1.54, 1.807) is 6.08 Å². The molecule has 1 aliphatic carbocycles. The Hall–Kier alpha value is -2.68. The molecule has 0 heterocycles. The van der Waals surface area contributed by atoms with Gasteiger partial charge in [-0.1, -0.05) is 49.1 Å². The highest BCUT2D eigenvalue weighted by Crippen LogP contribution is 2.16. The van der Waals surface area contributed by atoms with Crippen molar-refractivity contribution in [3.8, 4) is 0 Å². The maximum absolute atomic E-state index is 9.50. The number of nitrogens with zero attached hydrogens (tertiary/aromatic N) is 1. The van der Waals surface area contributed by atoms with Gasteiger partial charge in [-0.05, 0) is 43.2 Å². The maximum atomic E-state index is 9.50. The molecule has 26 heavy (non-hydrogen) atoms. The second-order valence-corrected chi connectivity index (χ2v) is 6.18. The number of allylic oxidation sites excluding steroid dienone is 6. The summed E-state index contributed by atoms with van der Waals surface area (Å²) in [6.45, 7) is 8.22. The molecule has 2 rings (SSSR count). The minimum Gasteiger partial charge on any atom is -0.508 e. The molecule has 3 nitrogen and oxygen atoms in total. The number of benzene rings is 1. The van der Waals surface area contributed by atoms with Gasteiger partial charge in [-0.15, -0.1) is 0 Å². The molecule has 0 saturated heterocycles. The molecule has 0 saturated carbocycles. The van der Waals surface area contributed by atoms with E-state index in [4.69, 9.17) is 4.74 Å². The fraction of sp³-hybridized carbons (Fsp3) is 0.304. The molecule has 0 aromatic heterocycles. The van der Waals surface area contributed by atoms with Crippen LogP contribution in [0.3, 0.4) is 0 Å². The van der Waals surface area contributed by atoms with Crippen LogP contribution in [0.25, 0.3) is 0 Å². The summed E-state index contributed by atoms with van der Waals surface area (Å²) in [6.07, 6.45) is 11.3. The lowest BCUT2D eigenvalue weighted by molar-refractivity contribution is 0.228. The van der Waals surface area contributed by atoms with Gasteiger partial charge >= 0.3 is 0 Å². The lowest BCUT2D eigenvalue weighted by Crippen LogP contribution is -2.10. The Morgan fingerprint density at radius 1 is 1.27 bits per heavy atom. The largest absolute Gasteiger partial charge is 0.508 e. The van der Waals surface area contributed by atoms with Crippen molar-refractivity contribution in [2.45, 2.75) is 26.7 Å². The Morgan fingerprint density at radius 2 is 1.96 bits per heavy atom. The van der Waals surface area contributed by atoms with Gasteiger partial charge < -0.3 is 14.7 Å². The third-order valence-corrected chi connectivity index (χ3v) is 3.96. The zero-order valence-electron chi connectivity index (χ0n) is 16.4. The van der Waals surface area contributed by atoms with E-state index in [0.29, 0.717) is 12.4 Å². The highest BCUT2D eigenvalue weighted by atomic mass is 16.5. The van der Waals surface area contributed by atoms with Crippen LogP contribution in [0.2, 0.25) is 0 Å². The lowest BCUT2D eigenvalue weighted by atomic mass is 10.2. The molecule has 0 spiro atoms. The standard InChI is InChI=1S/C13H16O.C10H15NO/c1-3-13(4-2)14-11-10-12-8-6-5-7-9-12;1-8-5-4-6-9(11(2)3)7-10(8)12/h3-9H,1,10-11H2,2H3;4-5,7,12H,6H2,1-3H3/b13-4+;. The molecule has 1 N–H and O–H groups in total. The highest BCUT2D eigenvalue weighted by Gasteiger charge is 2.04. The summed E-state index contributed by atoms with van der Waals surface area (Å²) < 4.78 is 5.49. The number of rotatable bonds is 6. The minimum atomic E-state index is 0.368. The summed E-state index contributed by atoms with van der Waals surface area (Å²) in [6, 6.07) is 10.3. The Labute approximate surface area is 158 Å². The highest BCUT2D eigenvalue weighted by molar-refractivity contribution is 5.32. The SMILES string of the molecule is C=C/C(=C\C)OCCc1ccccc1.CC1=C(O)C=C(N(C)C)CC=C1. The molecule has 0 atom stereocenters. The van der Waals surface area contributed by atoms with Crippen LogP contribution in [0.1, 0.15) is 25.8 Å². The topological polar surface area (TPSA) is 32.7 Å². The zero-order valence-corrected chi connectivity index (χ0v) is 16.4. The van der Waals surface area contributed by atoms with Gasteiger partial charge in [-0.25, -0.2) is 0 Å². The zero-order chi connectivity index (χ0) is 19.4. The second kappa shape index (κ2) is 11.8. The van der Waals surface area contributed by atoms with Crippen molar-refractivity contribution < 1.29 is 9.84 Å². The van der Waals surface area contributed by atoms with Crippen molar-refractivity contribution in [2.24, 2.45) is 0 Å². The van der Waals surface area contributed by atoms with Gasteiger partial charge in [0.25, 0.3) is 0 Å². The van der Waals surface area contributed by atoms with Crippen LogP contribution in [-0.4, -0.2) is 30.7 Å². The molecule has 0 fully saturated rings. The number of hydrogen-bond acceptors (Lipinski definition) is 3. The monoisotopic (exact) mass is 353 g/mol. The predicted octanol–water partition coefficient (Wildman–Crippen LogP) is 5.56. The molecular weight excluding hydrogens is 322 g/mol. The number of aliphatic hydroxyl groups excluding tert-OH is 1. The van der Waals surface area contributed by atoms with Crippen LogP contribution < -0.4 is 0 Å². The molecule has 0 aliphatic heterocycles. The Bertz CT molecular complexity index is 679. The molecule has 0 bridgehead atoms. The molecule has 140 valence electrons. The summed E-state index contributed by atoms with van der Waals surface area (Å²) in [7, 11) is 3.96. The number of aliphatic hydroxyl groups is 1. The molecule has 0 radical (unpaired) electrons. The molecule has 1 aromatic carbocycles. The Kier molecular flexibility index (Phi) is 9.70. The van der Waals surface area contributed by atoms with Crippen molar-refractivity contribution in [1.29, 1.82) is 0 Å². The van der Waals surface area contributed by atoms with E-state index < -0.39 is 0 Å². The van der Waals surface area contributed by atoms with Crippen molar-refractivity contribution in [2.75, 3.05) is 20.7 Å². The van der Waals surface area contributed by atoms with Crippen molar-refractivity contribution in [1.82, 2.24) is 4.90 Å². The lowest BCUT2D eigenvalue weighted by Gasteiger charge is -2.14. The van der Waals surface area contributed by atoms with E-state index in [0.717, 1.165) is 29.9 Å². The van der Waals surface area contributed by atoms with Gasteiger partial charge in [0.1, 0.15) is 11.5 Å². The third kappa shape index (κ3) is 7.93. The maximum Gasteiger partial charge on any atom is 0.120 e. The summed E-state index contributed by atoms with van der Waals surface area (Å²) in [5.41, 5.74) is 3.35. The first kappa shape index (κ1) is 21.4. The third-order valence-electron chi connectivity index (χ3n) is 3.96. The van der Waals surface area contributed by atoms with Gasteiger partial charge in [0, 0.05) is 32.6 Å². The fourth-order valence-corrected chi connectivity index (χ4v) is 2.28. The molecule has 3 heteroatoms. The summed E-state index contributed by atoms with van der Waals surface area (Å²) in [5.74, 6) is 1.22. The van der Waals surface area contributed by atoms with E-state index >= 15 is 0 Å². The average Bonchev–Trinajstić information content (AvgIpc) is 2.82. The summed E-state index contributed by atoms with van der Waals surface area (Å²) in [5, 5.41) is 9.50. The molecular formula is C23H31NO2. The molecule has 0 unspecified atom stereocenters. The molecule has 1 aliphatic rings. The van der Waals surface area contributed by atoms with Crippen LogP contribution in [-0.2, 0) is 11.2 Å². The quantitative estimate of drug-likeness (QED) is 0.537. The Balaban J connectivity index is 0.000000263. The minimum absolute atomic E-state index is 0.368. The van der Waals surface area contributed by atoms with E-state index in [1.807, 2.05) is 69.3 Å². The van der Waals surface area contributed by atoms with Crippen LogP contribution in [0.15, 0.2) is 90.1 Å². The van der Waals surface area contributed by atoms with Gasteiger partial charge in [-0.3, -0.25) is 0 Å². The normalized spacial score (nSPS) is 14.0. The smallest absolute Gasteiger partial charge is 0.120 e.